The van der Waals surface area contributed by atoms with Crippen molar-refractivity contribution >= 4 is 17.8 Å². The smallest absolute Gasteiger partial charge is 0.315 e. The Balaban J connectivity index is 2.17. The summed E-state index contributed by atoms with van der Waals surface area (Å²) in [4.78, 5) is 11.3. The summed E-state index contributed by atoms with van der Waals surface area (Å²) < 4.78 is 0. The van der Waals surface area contributed by atoms with Gasteiger partial charge in [-0.1, -0.05) is 30.3 Å². The number of urea groups is 1. The highest BCUT2D eigenvalue weighted by Gasteiger charge is 1.98. The van der Waals surface area contributed by atoms with Crippen molar-refractivity contribution in [3.8, 4) is 0 Å². The monoisotopic (exact) mass is 224 g/mol. The van der Waals surface area contributed by atoms with E-state index in [0.29, 0.717) is 13.1 Å². The lowest BCUT2D eigenvalue weighted by atomic mass is 10.2. The molecule has 0 aliphatic rings. The van der Waals surface area contributed by atoms with Crippen LogP contribution in [-0.2, 0) is 6.54 Å². The van der Waals surface area contributed by atoms with Crippen LogP contribution in [0.1, 0.15) is 5.56 Å². The molecule has 0 bridgehead atoms. The van der Waals surface area contributed by atoms with Crippen LogP contribution < -0.4 is 10.6 Å². The van der Waals surface area contributed by atoms with Crippen LogP contribution in [0.5, 0.6) is 0 Å². The number of benzene rings is 1. The SMILES string of the molecule is CSCCNC(=O)NCc1ccccc1. The molecule has 0 saturated heterocycles. The molecule has 4 heteroatoms. The summed E-state index contributed by atoms with van der Waals surface area (Å²) in [5.74, 6) is 0.943. The largest absolute Gasteiger partial charge is 0.337 e. The molecule has 0 heterocycles. The maximum Gasteiger partial charge on any atom is 0.315 e. The third kappa shape index (κ3) is 5.32. The van der Waals surface area contributed by atoms with E-state index in [2.05, 4.69) is 10.6 Å². The fourth-order valence-electron chi connectivity index (χ4n) is 1.11. The van der Waals surface area contributed by atoms with Crippen LogP contribution >= 0.6 is 11.8 Å². The van der Waals surface area contributed by atoms with Crippen LogP contribution in [0.25, 0.3) is 0 Å². The molecule has 2 N–H and O–H groups in total. The fraction of sp³-hybridized carbons (Fsp3) is 0.364. The van der Waals surface area contributed by atoms with Crippen molar-refractivity contribution in [3.05, 3.63) is 35.9 Å². The first-order valence-electron chi connectivity index (χ1n) is 4.87. The minimum atomic E-state index is -0.104. The van der Waals surface area contributed by atoms with Crippen molar-refractivity contribution in [3.63, 3.8) is 0 Å². The van der Waals surface area contributed by atoms with E-state index in [1.807, 2.05) is 36.6 Å². The van der Waals surface area contributed by atoms with Gasteiger partial charge in [0.15, 0.2) is 0 Å². The van der Waals surface area contributed by atoms with Gasteiger partial charge < -0.3 is 10.6 Å². The highest BCUT2D eigenvalue weighted by Crippen LogP contribution is 1.96. The van der Waals surface area contributed by atoms with E-state index in [1.54, 1.807) is 11.8 Å². The molecule has 0 atom stereocenters. The average Bonchev–Trinajstić information content (AvgIpc) is 2.28. The zero-order chi connectivity index (χ0) is 10.9. The molecule has 0 spiro atoms. The lowest BCUT2D eigenvalue weighted by Crippen LogP contribution is -2.36. The molecule has 1 aromatic carbocycles. The van der Waals surface area contributed by atoms with Crippen LogP contribution in [-0.4, -0.2) is 24.6 Å². The van der Waals surface area contributed by atoms with E-state index < -0.39 is 0 Å². The van der Waals surface area contributed by atoms with E-state index in [9.17, 15) is 4.79 Å². The van der Waals surface area contributed by atoms with Gasteiger partial charge in [0.25, 0.3) is 0 Å². The van der Waals surface area contributed by atoms with Gasteiger partial charge in [0.2, 0.25) is 0 Å². The van der Waals surface area contributed by atoms with Crippen molar-refractivity contribution in [2.75, 3.05) is 18.6 Å². The second-order valence-electron chi connectivity index (χ2n) is 3.09. The number of rotatable bonds is 5. The molecule has 0 fully saturated rings. The molecule has 0 aromatic heterocycles. The number of hydrogen-bond acceptors (Lipinski definition) is 2. The molecule has 0 aliphatic heterocycles. The first-order chi connectivity index (χ1) is 7.33. The second-order valence-corrected chi connectivity index (χ2v) is 4.07. The number of amides is 2. The number of carbonyl (C=O) groups excluding carboxylic acids is 1. The summed E-state index contributed by atoms with van der Waals surface area (Å²) in [7, 11) is 0. The summed E-state index contributed by atoms with van der Waals surface area (Å²) in [5, 5.41) is 5.58. The fourth-order valence-corrected chi connectivity index (χ4v) is 1.41. The predicted molar refractivity (Wildman–Crippen MR) is 65.1 cm³/mol. The van der Waals surface area contributed by atoms with E-state index in [-0.39, 0.29) is 6.03 Å². The van der Waals surface area contributed by atoms with E-state index in [0.717, 1.165) is 11.3 Å². The maximum absolute atomic E-state index is 11.3. The summed E-state index contributed by atoms with van der Waals surface area (Å²) in [6.45, 7) is 1.29. The summed E-state index contributed by atoms with van der Waals surface area (Å²) in [5.41, 5.74) is 1.11. The lowest BCUT2D eigenvalue weighted by molar-refractivity contribution is 0.241. The molecular weight excluding hydrogens is 208 g/mol. The normalized spacial score (nSPS) is 9.67. The van der Waals surface area contributed by atoms with Crippen LogP contribution in [0.15, 0.2) is 30.3 Å². The average molecular weight is 224 g/mol. The number of nitrogens with one attached hydrogen (secondary N) is 2. The minimum absolute atomic E-state index is 0.104. The first-order valence-corrected chi connectivity index (χ1v) is 6.27. The van der Waals surface area contributed by atoms with Gasteiger partial charge in [-0.15, -0.1) is 0 Å². The predicted octanol–water partition coefficient (Wildman–Crippen LogP) is 1.85. The van der Waals surface area contributed by atoms with Crippen molar-refractivity contribution in [1.29, 1.82) is 0 Å². The number of thioether (sulfide) groups is 1. The van der Waals surface area contributed by atoms with Crippen molar-refractivity contribution in [2.24, 2.45) is 0 Å². The Bertz CT molecular complexity index is 290. The third-order valence-electron chi connectivity index (χ3n) is 1.89. The van der Waals surface area contributed by atoms with Crippen LogP contribution in [0.2, 0.25) is 0 Å². The van der Waals surface area contributed by atoms with E-state index >= 15 is 0 Å². The van der Waals surface area contributed by atoms with Gasteiger partial charge in [0.05, 0.1) is 0 Å². The molecular formula is C11H16N2OS. The van der Waals surface area contributed by atoms with Gasteiger partial charge in [-0.05, 0) is 11.8 Å². The molecule has 0 unspecified atom stereocenters. The van der Waals surface area contributed by atoms with Gasteiger partial charge in [0, 0.05) is 18.8 Å². The van der Waals surface area contributed by atoms with Gasteiger partial charge >= 0.3 is 6.03 Å². The third-order valence-corrected chi connectivity index (χ3v) is 2.50. The molecule has 3 nitrogen and oxygen atoms in total. The van der Waals surface area contributed by atoms with Crippen LogP contribution in [0.4, 0.5) is 4.79 Å². The Morgan fingerprint density at radius 1 is 1.27 bits per heavy atom. The summed E-state index contributed by atoms with van der Waals surface area (Å²) >= 11 is 1.72. The van der Waals surface area contributed by atoms with Crippen molar-refractivity contribution in [1.82, 2.24) is 10.6 Å². The molecule has 15 heavy (non-hydrogen) atoms. The Hall–Kier alpha value is -1.16. The molecule has 0 saturated carbocycles. The minimum Gasteiger partial charge on any atom is -0.337 e. The Morgan fingerprint density at radius 2 is 2.00 bits per heavy atom. The number of carbonyl (C=O) groups is 1. The standard InChI is InChI=1S/C11H16N2OS/c1-15-8-7-12-11(14)13-9-10-5-3-2-4-6-10/h2-6H,7-9H2,1H3,(H2,12,13,14). The zero-order valence-electron chi connectivity index (χ0n) is 8.82. The molecule has 0 radical (unpaired) electrons. The Kier molecular flexibility index (Phi) is 5.70. The molecule has 1 rings (SSSR count). The summed E-state index contributed by atoms with van der Waals surface area (Å²) in [6, 6.07) is 9.76. The topological polar surface area (TPSA) is 41.1 Å². The summed E-state index contributed by atoms with van der Waals surface area (Å²) in [6.07, 6.45) is 2.02. The van der Waals surface area contributed by atoms with Gasteiger partial charge in [-0.3, -0.25) is 0 Å². The van der Waals surface area contributed by atoms with Crippen molar-refractivity contribution in [2.45, 2.75) is 6.54 Å². The molecule has 2 amide bonds. The maximum atomic E-state index is 11.3. The molecule has 82 valence electrons. The highest BCUT2D eigenvalue weighted by molar-refractivity contribution is 7.98. The zero-order valence-corrected chi connectivity index (χ0v) is 9.64. The Labute approximate surface area is 94.6 Å². The van der Waals surface area contributed by atoms with Gasteiger partial charge in [-0.25, -0.2) is 4.79 Å². The van der Waals surface area contributed by atoms with Crippen LogP contribution in [0, 0.1) is 0 Å². The molecule has 0 aliphatic carbocycles. The number of hydrogen-bond donors (Lipinski definition) is 2. The Morgan fingerprint density at radius 3 is 2.67 bits per heavy atom. The van der Waals surface area contributed by atoms with Crippen molar-refractivity contribution < 1.29 is 4.79 Å². The molecule has 1 aromatic rings. The van der Waals surface area contributed by atoms with E-state index in [1.165, 1.54) is 0 Å². The lowest BCUT2D eigenvalue weighted by Gasteiger charge is -2.06. The first kappa shape index (κ1) is 11.9. The quantitative estimate of drug-likeness (QED) is 0.749. The van der Waals surface area contributed by atoms with E-state index in [4.69, 9.17) is 0 Å². The van der Waals surface area contributed by atoms with Crippen LogP contribution in [0.3, 0.4) is 0 Å². The highest BCUT2D eigenvalue weighted by atomic mass is 32.2. The second kappa shape index (κ2) is 7.17. The van der Waals surface area contributed by atoms with Gasteiger partial charge in [0.1, 0.15) is 0 Å². The van der Waals surface area contributed by atoms with Gasteiger partial charge in [-0.2, -0.15) is 11.8 Å².